The molecule has 0 amide bonds. The van der Waals surface area contributed by atoms with Crippen LogP contribution in [0.15, 0.2) is 34.8 Å². The number of nitrogens with zero attached hydrogens (tertiary/aromatic N) is 1. The number of esters is 1. The summed E-state index contributed by atoms with van der Waals surface area (Å²) in [7, 11) is 1.53. The van der Waals surface area contributed by atoms with E-state index < -0.39 is 5.97 Å². The summed E-state index contributed by atoms with van der Waals surface area (Å²) in [6, 6.07) is 5.26. The Kier molecular flexibility index (Phi) is 7.92. The van der Waals surface area contributed by atoms with E-state index in [-0.39, 0.29) is 12.2 Å². The van der Waals surface area contributed by atoms with Crippen LogP contribution >= 0.6 is 15.9 Å². The van der Waals surface area contributed by atoms with Crippen LogP contribution in [0.2, 0.25) is 0 Å². The SMILES string of the molecule is C=CCOC(=O)/C(C#N)=C/c1cc(Br)c(OCCC)c(OC)c1. The van der Waals surface area contributed by atoms with Gasteiger partial charge in [-0.1, -0.05) is 19.6 Å². The van der Waals surface area contributed by atoms with Crippen LogP contribution in [0.5, 0.6) is 11.5 Å². The van der Waals surface area contributed by atoms with E-state index in [0.29, 0.717) is 28.1 Å². The molecule has 23 heavy (non-hydrogen) atoms. The molecule has 1 aromatic rings. The van der Waals surface area contributed by atoms with Gasteiger partial charge in [-0.05, 0) is 46.1 Å². The van der Waals surface area contributed by atoms with E-state index in [9.17, 15) is 4.79 Å². The maximum atomic E-state index is 11.8. The number of carbonyl (C=O) groups is 1. The summed E-state index contributed by atoms with van der Waals surface area (Å²) < 4.78 is 16.5. The molecule has 0 saturated heterocycles. The Labute approximate surface area is 144 Å². The highest BCUT2D eigenvalue weighted by atomic mass is 79.9. The predicted octanol–water partition coefficient (Wildman–Crippen LogP) is 3.88. The van der Waals surface area contributed by atoms with Gasteiger partial charge in [0, 0.05) is 0 Å². The van der Waals surface area contributed by atoms with Crippen LogP contribution in [0.25, 0.3) is 6.08 Å². The van der Waals surface area contributed by atoms with Crippen molar-refractivity contribution in [2.45, 2.75) is 13.3 Å². The van der Waals surface area contributed by atoms with Gasteiger partial charge < -0.3 is 14.2 Å². The number of carbonyl (C=O) groups excluding carboxylic acids is 1. The third kappa shape index (κ3) is 5.46. The molecule has 0 bridgehead atoms. The fourth-order valence-corrected chi connectivity index (χ4v) is 2.26. The molecule has 0 fully saturated rings. The summed E-state index contributed by atoms with van der Waals surface area (Å²) >= 11 is 3.41. The molecule has 0 unspecified atom stereocenters. The molecule has 0 N–H and O–H groups in total. The molecule has 122 valence electrons. The van der Waals surface area contributed by atoms with Crippen molar-refractivity contribution in [1.82, 2.24) is 0 Å². The summed E-state index contributed by atoms with van der Waals surface area (Å²) in [5.41, 5.74) is 0.507. The first-order chi connectivity index (χ1) is 11.1. The minimum absolute atomic E-state index is 0.0503. The van der Waals surface area contributed by atoms with Crippen molar-refractivity contribution in [3.05, 3.63) is 40.4 Å². The molecule has 0 radical (unpaired) electrons. The van der Waals surface area contributed by atoms with Crippen molar-refractivity contribution in [2.24, 2.45) is 0 Å². The van der Waals surface area contributed by atoms with Gasteiger partial charge in [0.1, 0.15) is 18.2 Å². The number of nitriles is 1. The van der Waals surface area contributed by atoms with Gasteiger partial charge in [-0.25, -0.2) is 4.79 Å². The molecule has 1 aromatic carbocycles. The normalized spacial score (nSPS) is 10.6. The predicted molar refractivity (Wildman–Crippen MR) is 91.2 cm³/mol. The fourth-order valence-electron chi connectivity index (χ4n) is 1.68. The zero-order valence-electron chi connectivity index (χ0n) is 13.1. The number of hydrogen-bond donors (Lipinski definition) is 0. The lowest BCUT2D eigenvalue weighted by Crippen LogP contribution is -2.06. The molecular weight excluding hydrogens is 362 g/mol. The van der Waals surface area contributed by atoms with Gasteiger partial charge in [0.2, 0.25) is 0 Å². The highest BCUT2D eigenvalue weighted by molar-refractivity contribution is 9.10. The van der Waals surface area contributed by atoms with E-state index in [1.165, 1.54) is 19.3 Å². The highest BCUT2D eigenvalue weighted by Crippen LogP contribution is 2.37. The molecule has 0 aromatic heterocycles. The molecule has 6 heteroatoms. The molecule has 0 spiro atoms. The number of hydrogen-bond acceptors (Lipinski definition) is 5. The van der Waals surface area contributed by atoms with Crippen molar-refractivity contribution in [2.75, 3.05) is 20.3 Å². The number of methoxy groups -OCH3 is 1. The van der Waals surface area contributed by atoms with E-state index in [0.717, 1.165) is 6.42 Å². The first-order valence-corrected chi connectivity index (χ1v) is 7.76. The summed E-state index contributed by atoms with van der Waals surface area (Å²) in [4.78, 5) is 11.8. The van der Waals surface area contributed by atoms with Crippen LogP contribution in [0.1, 0.15) is 18.9 Å². The summed E-state index contributed by atoms with van der Waals surface area (Å²) in [5.74, 6) is 0.392. The quantitative estimate of drug-likeness (QED) is 0.296. The lowest BCUT2D eigenvalue weighted by Gasteiger charge is -2.13. The summed E-state index contributed by atoms with van der Waals surface area (Å²) in [5, 5.41) is 9.11. The number of halogens is 1. The van der Waals surface area contributed by atoms with E-state index in [1.54, 1.807) is 12.1 Å². The average molecular weight is 380 g/mol. The standard InChI is InChI=1S/C17H18BrNO4/c1-4-6-22-16-14(18)9-12(10-15(16)21-3)8-13(11-19)17(20)23-7-5-2/h5,8-10H,2,4,6-7H2,1,3H3/b13-8+. The lowest BCUT2D eigenvalue weighted by molar-refractivity contribution is -0.137. The smallest absolute Gasteiger partial charge is 0.349 e. The average Bonchev–Trinajstić information content (AvgIpc) is 2.55. The van der Waals surface area contributed by atoms with Crippen LogP contribution in [0.4, 0.5) is 0 Å². The third-order valence-electron chi connectivity index (χ3n) is 2.69. The van der Waals surface area contributed by atoms with Gasteiger partial charge in [-0.3, -0.25) is 0 Å². The van der Waals surface area contributed by atoms with Gasteiger partial charge in [0.05, 0.1) is 18.2 Å². The number of rotatable bonds is 8. The molecular formula is C17H18BrNO4. The van der Waals surface area contributed by atoms with Crippen LogP contribution < -0.4 is 9.47 Å². The zero-order valence-corrected chi connectivity index (χ0v) is 14.7. The second-order valence-corrected chi connectivity index (χ2v) is 5.29. The molecule has 0 aliphatic rings. The fraction of sp³-hybridized carbons (Fsp3) is 0.294. The molecule has 0 saturated carbocycles. The van der Waals surface area contributed by atoms with E-state index in [2.05, 4.69) is 22.5 Å². The van der Waals surface area contributed by atoms with E-state index in [1.807, 2.05) is 13.0 Å². The third-order valence-corrected chi connectivity index (χ3v) is 3.27. The Bertz CT molecular complexity index is 647. The van der Waals surface area contributed by atoms with Gasteiger partial charge in [0.15, 0.2) is 11.5 Å². The van der Waals surface area contributed by atoms with Crippen molar-refractivity contribution < 1.29 is 19.0 Å². The van der Waals surface area contributed by atoms with Gasteiger partial charge in [0.25, 0.3) is 0 Å². The lowest BCUT2D eigenvalue weighted by atomic mass is 10.1. The number of benzene rings is 1. The second kappa shape index (κ2) is 9.70. The first kappa shape index (κ1) is 18.8. The highest BCUT2D eigenvalue weighted by Gasteiger charge is 2.14. The molecule has 5 nitrogen and oxygen atoms in total. The van der Waals surface area contributed by atoms with E-state index >= 15 is 0 Å². The summed E-state index contributed by atoms with van der Waals surface area (Å²) in [6.07, 6.45) is 3.74. The number of ether oxygens (including phenoxy) is 3. The molecule has 1 rings (SSSR count). The van der Waals surface area contributed by atoms with Crippen molar-refractivity contribution in [1.29, 1.82) is 5.26 Å². The van der Waals surface area contributed by atoms with Crippen LogP contribution in [0, 0.1) is 11.3 Å². The van der Waals surface area contributed by atoms with Crippen LogP contribution in [-0.4, -0.2) is 26.3 Å². The van der Waals surface area contributed by atoms with Gasteiger partial charge >= 0.3 is 5.97 Å². The zero-order chi connectivity index (χ0) is 17.2. The van der Waals surface area contributed by atoms with Gasteiger partial charge in [-0.15, -0.1) is 0 Å². The topological polar surface area (TPSA) is 68.6 Å². The Hall–Kier alpha value is -2.26. The van der Waals surface area contributed by atoms with Crippen molar-refractivity contribution >= 4 is 28.0 Å². The maximum absolute atomic E-state index is 11.8. The molecule has 0 heterocycles. The minimum Gasteiger partial charge on any atom is -0.493 e. The minimum atomic E-state index is -0.700. The van der Waals surface area contributed by atoms with Gasteiger partial charge in [-0.2, -0.15) is 5.26 Å². The largest absolute Gasteiger partial charge is 0.493 e. The molecule has 0 atom stereocenters. The molecule has 0 aliphatic carbocycles. The Balaban J connectivity index is 3.15. The Morgan fingerprint density at radius 3 is 2.78 bits per heavy atom. The first-order valence-electron chi connectivity index (χ1n) is 6.97. The Morgan fingerprint density at radius 2 is 2.22 bits per heavy atom. The second-order valence-electron chi connectivity index (χ2n) is 4.44. The summed E-state index contributed by atoms with van der Waals surface area (Å²) in [6.45, 7) is 6.07. The monoisotopic (exact) mass is 379 g/mol. The maximum Gasteiger partial charge on any atom is 0.349 e. The van der Waals surface area contributed by atoms with Crippen molar-refractivity contribution in [3.63, 3.8) is 0 Å². The van der Waals surface area contributed by atoms with Crippen LogP contribution in [-0.2, 0) is 9.53 Å². The van der Waals surface area contributed by atoms with Crippen LogP contribution in [0.3, 0.4) is 0 Å². The molecule has 0 aliphatic heterocycles. The Morgan fingerprint density at radius 1 is 1.48 bits per heavy atom. The van der Waals surface area contributed by atoms with E-state index in [4.69, 9.17) is 19.5 Å². The van der Waals surface area contributed by atoms with Crippen molar-refractivity contribution in [3.8, 4) is 17.6 Å².